The van der Waals surface area contributed by atoms with Crippen LogP contribution in [0, 0.1) is 6.92 Å². The molecule has 0 saturated carbocycles. The molecule has 0 heterocycles. The van der Waals surface area contributed by atoms with E-state index in [2.05, 4.69) is 0 Å². The van der Waals surface area contributed by atoms with Gasteiger partial charge in [-0.25, -0.2) is 4.79 Å². The minimum atomic E-state index is -1.03. The molecule has 1 unspecified atom stereocenters. The molecule has 0 fully saturated rings. The third-order valence-electron chi connectivity index (χ3n) is 4.36. The molecular formula is C23H22O4. The highest BCUT2D eigenvalue weighted by atomic mass is 16.5. The number of carbonyl (C=O) groups is 1. The van der Waals surface area contributed by atoms with Crippen LogP contribution in [0.25, 0.3) is 0 Å². The Hall–Kier alpha value is -3.27. The number of carboxylic acid groups (broad SMARTS) is 1. The SMILES string of the molecule is Cc1ccccc1C(C)Oc1cc(OCc2ccccc2)ccc1C(=O)O. The molecule has 0 saturated heterocycles. The lowest BCUT2D eigenvalue weighted by Gasteiger charge is -2.19. The fourth-order valence-electron chi connectivity index (χ4n) is 2.90. The van der Waals surface area contributed by atoms with Gasteiger partial charge >= 0.3 is 5.97 Å². The van der Waals surface area contributed by atoms with E-state index in [1.54, 1.807) is 12.1 Å². The molecule has 3 rings (SSSR count). The molecular weight excluding hydrogens is 340 g/mol. The number of rotatable bonds is 7. The van der Waals surface area contributed by atoms with Crippen LogP contribution in [0.2, 0.25) is 0 Å². The average molecular weight is 362 g/mol. The Morgan fingerprint density at radius 1 is 1.00 bits per heavy atom. The first-order valence-electron chi connectivity index (χ1n) is 8.81. The van der Waals surface area contributed by atoms with Crippen LogP contribution in [0.3, 0.4) is 0 Å². The summed E-state index contributed by atoms with van der Waals surface area (Å²) >= 11 is 0. The number of ether oxygens (including phenoxy) is 2. The van der Waals surface area contributed by atoms with Gasteiger partial charge in [0.05, 0.1) is 0 Å². The van der Waals surface area contributed by atoms with Crippen LogP contribution in [-0.2, 0) is 6.61 Å². The van der Waals surface area contributed by atoms with E-state index in [4.69, 9.17) is 9.47 Å². The van der Waals surface area contributed by atoms with Crippen LogP contribution in [0.15, 0.2) is 72.8 Å². The van der Waals surface area contributed by atoms with Crippen molar-refractivity contribution in [3.8, 4) is 11.5 Å². The lowest BCUT2D eigenvalue weighted by Crippen LogP contribution is -2.09. The van der Waals surface area contributed by atoms with E-state index in [1.165, 1.54) is 6.07 Å². The Kier molecular flexibility index (Phi) is 5.77. The summed E-state index contributed by atoms with van der Waals surface area (Å²) in [7, 11) is 0. The monoisotopic (exact) mass is 362 g/mol. The summed E-state index contributed by atoms with van der Waals surface area (Å²) in [5.74, 6) is -0.170. The first-order chi connectivity index (χ1) is 13.0. The van der Waals surface area contributed by atoms with E-state index in [1.807, 2.05) is 68.4 Å². The lowest BCUT2D eigenvalue weighted by molar-refractivity contribution is 0.0689. The van der Waals surface area contributed by atoms with Crippen molar-refractivity contribution in [3.05, 3.63) is 95.1 Å². The summed E-state index contributed by atoms with van der Waals surface area (Å²) in [6.45, 7) is 4.32. The summed E-state index contributed by atoms with van der Waals surface area (Å²) in [6, 6.07) is 22.5. The highest BCUT2D eigenvalue weighted by molar-refractivity contribution is 5.91. The molecule has 4 heteroatoms. The van der Waals surface area contributed by atoms with Crippen LogP contribution in [0.5, 0.6) is 11.5 Å². The zero-order valence-electron chi connectivity index (χ0n) is 15.4. The minimum absolute atomic E-state index is 0.113. The molecule has 4 nitrogen and oxygen atoms in total. The van der Waals surface area contributed by atoms with Crippen molar-refractivity contribution >= 4 is 5.97 Å². The third kappa shape index (κ3) is 4.67. The second-order valence-corrected chi connectivity index (χ2v) is 6.35. The van der Waals surface area contributed by atoms with E-state index in [0.717, 1.165) is 16.7 Å². The van der Waals surface area contributed by atoms with E-state index >= 15 is 0 Å². The molecule has 0 aliphatic rings. The highest BCUT2D eigenvalue weighted by Crippen LogP contribution is 2.30. The quantitative estimate of drug-likeness (QED) is 0.610. The molecule has 0 radical (unpaired) electrons. The molecule has 1 N–H and O–H groups in total. The molecule has 0 aliphatic heterocycles. The van der Waals surface area contributed by atoms with Gasteiger partial charge in [-0.3, -0.25) is 0 Å². The van der Waals surface area contributed by atoms with E-state index in [-0.39, 0.29) is 11.7 Å². The van der Waals surface area contributed by atoms with Gasteiger partial charge in [0.1, 0.15) is 29.8 Å². The molecule has 3 aromatic rings. The van der Waals surface area contributed by atoms with Gasteiger partial charge in [0, 0.05) is 6.07 Å². The standard InChI is InChI=1S/C23H22O4/c1-16-8-6-7-11-20(16)17(2)27-22-14-19(12-13-21(22)23(24)25)26-15-18-9-4-3-5-10-18/h3-14,17H,15H2,1-2H3,(H,24,25). The Bertz CT molecular complexity index is 919. The molecule has 0 bridgehead atoms. The van der Waals surface area contributed by atoms with Gasteiger partial charge < -0.3 is 14.6 Å². The molecule has 0 spiro atoms. The Morgan fingerprint density at radius 2 is 1.70 bits per heavy atom. The normalized spacial score (nSPS) is 11.6. The van der Waals surface area contributed by atoms with Crippen molar-refractivity contribution in [1.29, 1.82) is 0 Å². The number of carboxylic acids is 1. The maximum Gasteiger partial charge on any atom is 0.339 e. The van der Waals surface area contributed by atoms with E-state index in [9.17, 15) is 9.90 Å². The average Bonchev–Trinajstić information content (AvgIpc) is 2.67. The van der Waals surface area contributed by atoms with Crippen molar-refractivity contribution in [2.45, 2.75) is 26.6 Å². The Morgan fingerprint density at radius 3 is 2.41 bits per heavy atom. The van der Waals surface area contributed by atoms with Crippen LogP contribution < -0.4 is 9.47 Å². The maximum absolute atomic E-state index is 11.6. The van der Waals surface area contributed by atoms with Gasteiger partial charge in [-0.15, -0.1) is 0 Å². The van der Waals surface area contributed by atoms with E-state index in [0.29, 0.717) is 18.1 Å². The molecule has 138 valence electrons. The largest absolute Gasteiger partial charge is 0.489 e. The maximum atomic E-state index is 11.6. The Labute approximate surface area is 159 Å². The second kappa shape index (κ2) is 8.41. The predicted molar refractivity (Wildman–Crippen MR) is 104 cm³/mol. The summed E-state index contributed by atoms with van der Waals surface area (Å²) in [4.78, 5) is 11.6. The summed E-state index contributed by atoms with van der Waals surface area (Å²) < 4.78 is 11.8. The molecule has 27 heavy (non-hydrogen) atoms. The number of hydrogen-bond acceptors (Lipinski definition) is 3. The fraction of sp³-hybridized carbons (Fsp3) is 0.174. The number of benzene rings is 3. The minimum Gasteiger partial charge on any atom is -0.489 e. The van der Waals surface area contributed by atoms with Crippen LogP contribution in [0.1, 0.15) is 40.1 Å². The van der Waals surface area contributed by atoms with Crippen molar-refractivity contribution in [2.24, 2.45) is 0 Å². The van der Waals surface area contributed by atoms with Gasteiger partial charge in [0.25, 0.3) is 0 Å². The third-order valence-corrected chi connectivity index (χ3v) is 4.36. The fourth-order valence-corrected chi connectivity index (χ4v) is 2.90. The summed E-state index contributed by atoms with van der Waals surface area (Å²) in [5, 5.41) is 9.48. The zero-order valence-corrected chi connectivity index (χ0v) is 15.4. The zero-order chi connectivity index (χ0) is 19.2. The van der Waals surface area contributed by atoms with Gasteiger partial charge in [-0.05, 0) is 42.7 Å². The molecule has 0 aromatic heterocycles. The Balaban J connectivity index is 1.81. The molecule has 3 aromatic carbocycles. The van der Waals surface area contributed by atoms with Crippen LogP contribution in [-0.4, -0.2) is 11.1 Å². The van der Waals surface area contributed by atoms with Crippen molar-refractivity contribution in [1.82, 2.24) is 0 Å². The first kappa shape index (κ1) is 18.5. The van der Waals surface area contributed by atoms with Gasteiger partial charge in [0.15, 0.2) is 0 Å². The van der Waals surface area contributed by atoms with Gasteiger partial charge in [-0.2, -0.15) is 0 Å². The van der Waals surface area contributed by atoms with Crippen molar-refractivity contribution in [2.75, 3.05) is 0 Å². The van der Waals surface area contributed by atoms with Gasteiger partial charge in [-0.1, -0.05) is 54.6 Å². The smallest absolute Gasteiger partial charge is 0.339 e. The van der Waals surface area contributed by atoms with Crippen LogP contribution in [0.4, 0.5) is 0 Å². The molecule has 0 amide bonds. The highest BCUT2D eigenvalue weighted by Gasteiger charge is 2.17. The van der Waals surface area contributed by atoms with Crippen molar-refractivity contribution in [3.63, 3.8) is 0 Å². The number of hydrogen-bond donors (Lipinski definition) is 1. The predicted octanol–water partition coefficient (Wildman–Crippen LogP) is 5.41. The van der Waals surface area contributed by atoms with Gasteiger partial charge in [0.2, 0.25) is 0 Å². The topological polar surface area (TPSA) is 55.8 Å². The van der Waals surface area contributed by atoms with Crippen LogP contribution >= 0.6 is 0 Å². The van der Waals surface area contributed by atoms with Crippen molar-refractivity contribution < 1.29 is 19.4 Å². The lowest BCUT2D eigenvalue weighted by atomic mass is 10.0. The summed E-state index contributed by atoms with van der Waals surface area (Å²) in [5.41, 5.74) is 3.26. The second-order valence-electron chi connectivity index (χ2n) is 6.35. The number of aromatic carboxylic acids is 1. The molecule has 0 aliphatic carbocycles. The summed E-state index contributed by atoms with van der Waals surface area (Å²) in [6.07, 6.45) is -0.284. The molecule has 1 atom stereocenters. The van der Waals surface area contributed by atoms with E-state index < -0.39 is 5.97 Å². The number of aryl methyl sites for hydroxylation is 1. The first-order valence-corrected chi connectivity index (χ1v) is 8.81.